The van der Waals surface area contributed by atoms with Crippen molar-refractivity contribution in [1.29, 1.82) is 0 Å². The third-order valence-corrected chi connectivity index (χ3v) is 4.46. The molecule has 1 N–H and O–H groups in total. The molecule has 0 spiro atoms. The molecule has 0 saturated carbocycles. The molecule has 0 amide bonds. The fourth-order valence-electron chi connectivity index (χ4n) is 2.11. The van der Waals surface area contributed by atoms with Crippen LogP contribution < -0.4 is 10.2 Å². The highest BCUT2D eigenvalue weighted by atomic mass is 32.1. The van der Waals surface area contributed by atoms with E-state index >= 15 is 0 Å². The van der Waals surface area contributed by atoms with Crippen LogP contribution in [0.25, 0.3) is 0 Å². The van der Waals surface area contributed by atoms with Crippen molar-refractivity contribution in [2.75, 3.05) is 19.0 Å². The van der Waals surface area contributed by atoms with Crippen LogP contribution in [0.15, 0.2) is 24.3 Å². The first-order valence-corrected chi connectivity index (χ1v) is 7.79. The lowest BCUT2D eigenvalue weighted by molar-refractivity contribution is 0.770. The quantitative estimate of drug-likeness (QED) is 0.899. The summed E-state index contributed by atoms with van der Waals surface area (Å²) in [5.74, 6) is 0.453. The number of aromatic nitrogens is 1. The minimum atomic E-state index is 0.453. The van der Waals surface area contributed by atoms with Gasteiger partial charge in [-0.2, -0.15) is 0 Å². The summed E-state index contributed by atoms with van der Waals surface area (Å²) in [6.45, 7) is 7.38. The lowest BCUT2D eigenvalue weighted by atomic mass is 10.1. The Morgan fingerprint density at radius 3 is 2.45 bits per heavy atom. The van der Waals surface area contributed by atoms with Crippen LogP contribution >= 0.6 is 11.3 Å². The van der Waals surface area contributed by atoms with Crippen LogP contribution in [0.3, 0.4) is 0 Å². The first kappa shape index (κ1) is 15.0. The first-order chi connectivity index (χ1) is 9.52. The van der Waals surface area contributed by atoms with Crippen LogP contribution in [0.2, 0.25) is 0 Å². The largest absolute Gasteiger partial charge is 0.321 e. The van der Waals surface area contributed by atoms with Crippen molar-refractivity contribution in [3.05, 3.63) is 40.4 Å². The number of hydrogen-bond donors (Lipinski definition) is 1. The zero-order valence-corrected chi connectivity index (χ0v) is 13.7. The Morgan fingerprint density at radius 2 is 1.90 bits per heavy atom. The second-order valence-electron chi connectivity index (χ2n) is 5.38. The normalized spacial score (nSPS) is 11.1. The summed E-state index contributed by atoms with van der Waals surface area (Å²) in [5.41, 5.74) is 3.66. The Bertz CT molecular complexity index is 558. The maximum Gasteiger partial charge on any atom is 0.190 e. The van der Waals surface area contributed by atoms with Gasteiger partial charge < -0.3 is 10.2 Å². The van der Waals surface area contributed by atoms with Crippen molar-refractivity contribution in [3.63, 3.8) is 0 Å². The van der Waals surface area contributed by atoms with Crippen LogP contribution in [0.1, 0.15) is 35.9 Å². The molecule has 108 valence electrons. The monoisotopic (exact) mass is 289 g/mol. The molecular formula is C16H23N3S. The zero-order chi connectivity index (χ0) is 14.7. The molecule has 1 aromatic heterocycles. The lowest BCUT2D eigenvalue weighted by Crippen LogP contribution is -2.09. The summed E-state index contributed by atoms with van der Waals surface area (Å²) in [5, 5.41) is 4.29. The average molecular weight is 289 g/mol. The van der Waals surface area contributed by atoms with Crippen molar-refractivity contribution in [3.8, 4) is 0 Å². The van der Waals surface area contributed by atoms with E-state index in [2.05, 4.69) is 62.3 Å². The summed E-state index contributed by atoms with van der Waals surface area (Å²) < 4.78 is 0. The Balaban J connectivity index is 2.32. The summed E-state index contributed by atoms with van der Waals surface area (Å²) in [7, 11) is 4.06. The third kappa shape index (κ3) is 3.19. The highest BCUT2D eigenvalue weighted by Gasteiger charge is 2.16. The predicted molar refractivity (Wildman–Crippen MR) is 88.2 cm³/mol. The van der Waals surface area contributed by atoms with Crippen molar-refractivity contribution < 1.29 is 0 Å². The molecule has 2 aromatic rings. The molecule has 20 heavy (non-hydrogen) atoms. The fraction of sp³-hybridized carbons (Fsp3) is 0.438. The summed E-state index contributed by atoms with van der Waals surface area (Å²) in [6.07, 6.45) is 0. The van der Waals surface area contributed by atoms with E-state index in [1.807, 2.05) is 7.05 Å². The second-order valence-corrected chi connectivity index (χ2v) is 6.45. The minimum absolute atomic E-state index is 0.453. The first-order valence-electron chi connectivity index (χ1n) is 6.97. The molecule has 0 fully saturated rings. The molecule has 4 heteroatoms. The van der Waals surface area contributed by atoms with Crippen LogP contribution in [-0.4, -0.2) is 19.1 Å². The molecular weight excluding hydrogens is 266 g/mol. The standard InChI is InChI=1S/C16H23N3S/c1-11(2)15-14(10-17-4)20-16(18-15)19(5)13-8-6-12(3)7-9-13/h6-9,11,17H,10H2,1-5H3. The molecule has 0 radical (unpaired) electrons. The van der Waals surface area contributed by atoms with Gasteiger partial charge >= 0.3 is 0 Å². The van der Waals surface area contributed by atoms with E-state index in [4.69, 9.17) is 4.98 Å². The van der Waals surface area contributed by atoms with Crippen molar-refractivity contribution >= 4 is 22.2 Å². The van der Waals surface area contributed by atoms with Gasteiger partial charge in [-0.3, -0.25) is 0 Å². The zero-order valence-electron chi connectivity index (χ0n) is 12.9. The average Bonchev–Trinajstić information content (AvgIpc) is 2.83. The van der Waals surface area contributed by atoms with Crippen LogP contribution in [-0.2, 0) is 6.54 Å². The number of hydrogen-bond acceptors (Lipinski definition) is 4. The van der Waals surface area contributed by atoms with Crippen molar-refractivity contribution in [2.24, 2.45) is 0 Å². The van der Waals surface area contributed by atoms with E-state index in [1.165, 1.54) is 21.8 Å². The van der Waals surface area contributed by atoms with Gasteiger partial charge in [0.15, 0.2) is 5.13 Å². The molecule has 0 aliphatic heterocycles. The van der Waals surface area contributed by atoms with Gasteiger partial charge in [0, 0.05) is 24.2 Å². The molecule has 0 aliphatic carbocycles. The van der Waals surface area contributed by atoms with E-state index < -0.39 is 0 Å². The summed E-state index contributed by atoms with van der Waals surface area (Å²) in [6, 6.07) is 8.56. The van der Waals surface area contributed by atoms with E-state index in [1.54, 1.807) is 11.3 Å². The van der Waals surface area contributed by atoms with Crippen LogP contribution in [0.5, 0.6) is 0 Å². The van der Waals surface area contributed by atoms with Gasteiger partial charge in [0.25, 0.3) is 0 Å². The molecule has 0 atom stereocenters. The van der Waals surface area contributed by atoms with Gasteiger partial charge in [-0.1, -0.05) is 42.9 Å². The fourth-order valence-corrected chi connectivity index (χ4v) is 3.32. The SMILES string of the molecule is CNCc1sc(N(C)c2ccc(C)cc2)nc1C(C)C. The number of aryl methyl sites for hydroxylation is 1. The summed E-state index contributed by atoms with van der Waals surface area (Å²) in [4.78, 5) is 8.32. The third-order valence-electron chi connectivity index (χ3n) is 3.31. The number of nitrogens with zero attached hydrogens (tertiary/aromatic N) is 2. The van der Waals surface area contributed by atoms with E-state index in [0.717, 1.165) is 11.7 Å². The second kappa shape index (κ2) is 6.37. The number of thiazole rings is 1. The Morgan fingerprint density at radius 1 is 1.25 bits per heavy atom. The molecule has 1 heterocycles. The topological polar surface area (TPSA) is 28.2 Å². The Hall–Kier alpha value is -1.39. The van der Waals surface area contributed by atoms with E-state index in [-0.39, 0.29) is 0 Å². The number of rotatable bonds is 5. The van der Waals surface area contributed by atoms with Crippen molar-refractivity contribution in [1.82, 2.24) is 10.3 Å². The number of benzene rings is 1. The Kier molecular flexibility index (Phi) is 4.78. The van der Waals surface area contributed by atoms with Crippen molar-refractivity contribution in [2.45, 2.75) is 33.2 Å². The molecule has 1 aromatic carbocycles. The highest BCUT2D eigenvalue weighted by Crippen LogP contribution is 2.33. The molecule has 0 aliphatic rings. The molecule has 3 nitrogen and oxygen atoms in total. The van der Waals surface area contributed by atoms with E-state index in [0.29, 0.717) is 5.92 Å². The van der Waals surface area contributed by atoms with Gasteiger partial charge in [0.05, 0.1) is 5.69 Å². The predicted octanol–water partition coefficient (Wildman–Crippen LogP) is 4.06. The molecule has 0 bridgehead atoms. The summed E-state index contributed by atoms with van der Waals surface area (Å²) >= 11 is 1.77. The molecule has 0 unspecified atom stereocenters. The molecule has 2 rings (SSSR count). The van der Waals surface area contributed by atoms with Crippen LogP contribution in [0, 0.1) is 6.92 Å². The van der Waals surface area contributed by atoms with Gasteiger partial charge in [-0.25, -0.2) is 4.98 Å². The highest BCUT2D eigenvalue weighted by molar-refractivity contribution is 7.15. The Labute approximate surface area is 125 Å². The lowest BCUT2D eigenvalue weighted by Gasteiger charge is -2.16. The van der Waals surface area contributed by atoms with E-state index in [9.17, 15) is 0 Å². The number of nitrogens with one attached hydrogen (secondary N) is 1. The van der Waals surface area contributed by atoms with Gasteiger partial charge in [-0.15, -0.1) is 0 Å². The maximum absolute atomic E-state index is 4.83. The minimum Gasteiger partial charge on any atom is -0.321 e. The maximum atomic E-state index is 4.83. The van der Waals surface area contributed by atoms with Gasteiger partial charge in [0.1, 0.15) is 0 Å². The van der Waals surface area contributed by atoms with Gasteiger partial charge in [0.2, 0.25) is 0 Å². The number of anilines is 2. The smallest absolute Gasteiger partial charge is 0.190 e. The van der Waals surface area contributed by atoms with Gasteiger partial charge in [-0.05, 0) is 32.0 Å². The molecule has 0 saturated heterocycles. The van der Waals surface area contributed by atoms with Crippen LogP contribution in [0.4, 0.5) is 10.8 Å².